The van der Waals surface area contributed by atoms with Gasteiger partial charge in [0.25, 0.3) is 0 Å². The van der Waals surface area contributed by atoms with Crippen molar-refractivity contribution < 1.29 is 8.85 Å². The van der Waals surface area contributed by atoms with Crippen molar-refractivity contribution in [3.05, 3.63) is 24.6 Å². The van der Waals surface area contributed by atoms with E-state index in [-0.39, 0.29) is 0 Å². The van der Waals surface area contributed by atoms with Crippen LogP contribution in [0, 0.1) is 0 Å². The highest BCUT2D eigenvalue weighted by Gasteiger charge is 2.29. The minimum absolute atomic E-state index is 0.743. The molecule has 0 fully saturated rings. The van der Waals surface area contributed by atoms with Gasteiger partial charge in [-0.2, -0.15) is 0 Å². The van der Waals surface area contributed by atoms with Gasteiger partial charge in [0.2, 0.25) is 0 Å². The Morgan fingerprint density at radius 2 is 1.33 bits per heavy atom. The summed E-state index contributed by atoms with van der Waals surface area (Å²) < 4.78 is 11.6. The fraction of sp³-hybridized carbons (Fsp3) is 0.667. The highest BCUT2D eigenvalue weighted by Crippen LogP contribution is 2.12. The van der Waals surface area contributed by atoms with E-state index in [1.165, 1.54) is 0 Å². The van der Waals surface area contributed by atoms with Crippen molar-refractivity contribution in [2.24, 2.45) is 0 Å². The molecule has 0 aromatic heterocycles. The maximum Gasteiger partial charge on any atom is 0.390 e. The average molecular weight is 228 g/mol. The molecule has 0 atom stereocenters. The van der Waals surface area contributed by atoms with Crippen LogP contribution in [-0.4, -0.2) is 21.8 Å². The van der Waals surface area contributed by atoms with Gasteiger partial charge in [-0.05, 0) is 24.2 Å². The smallest absolute Gasteiger partial charge is 0.388 e. The van der Waals surface area contributed by atoms with Gasteiger partial charge in [-0.25, -0.2) is 0 Å². The fourth-order valence-corrected chi connectivity index (χ4v) is 2.76. The molecule has 0 unspecified atom stereocenters. The maximum atomic E-state index is 5.80. The van der Waals surface area contributed by atoms with Crippen molar-refractivity contribution in [1.29, 1.82) is 0 Å². The SMILES string of the molecule is C=C[Si](C=C)(OCCCC)OCCCC. The molecule has 0 N–H and O–H groups in total. The molecule has 0 bridgehead atoms. The Kier molecular flexibility index (Phi) is 8.66. The Balaban J connectivity index is 4.05. The Hall–Kier alpha value is -0.383. The molecule has 0 aromatic carbocycles. The number of hydrogen-bond donors (Lipinski definition) is 0. The van der Waals surface area contributed by atoms with Crippen LogP contribution in [0.2, 0.25) is 0 Å². The second-order valence-corrected chi connectivity index (χ2v) is 6.37. The van der Waals surface area contributed by atoms with Gasteiger partial charge in [0, 0.05) is 13.2 Å². The lowest BCUT2D eigenvalue weighted by atomic mass is 10.4. The number of unbranched alkanes of at least 4 members (excludes halogenated alkanes) is 2. The van der Waals surface area contributed by atoms with E-state index in [0.29, 0.717) is 0 Å². The Labute approximate surface area is 95.2 Å². The number of rotatable bonds is 10. The molecule has 0 rings (SSSR count). The van der Waals surface area contributed by atoms with Gasteiger partial charge >= 0.3 is 8.56 Å². The quantitative estimate of drug-likeness (QED) is 0.421. The lowest BCUT2D eigenvalue weighted by Crippen LogP contribution is -2.39. The molecule has 0 amide bonds. The summed E-state index contributed by atoms with van der Waals surface area (Å²) in [7, 11) is -2.29. The van der Waals surface area contributed by atoms with Crippen molar-refractivity contribution in [3.63, 3.8) is 0 Å². The van der Waals surface area contributed by atoms with E-state index in [2.05, 4.69) is 27.0 Å². The average Bonchev–Trinajstić information content (AvgIpc) is 2.28. The minimum Gasteiger partial charge on any atom is -0.388 e. The van der Waals surface area contributed by atoms with Crippen LogP contribution in [0.1, 0.15) is 39.5 Å². The monoisotopic (exact) mass is 228 g/mol. The van der Waals surface area contributed by atoms with E-state index in [1.54, 1.807) is 0 Å². The molecule has 0 radical (unpaired) electrons. The predicted octanol–water partition coefficient (Wildman–Crippen LogP) is 3.51. The summed E-state index contributed by atoms with van der Waals surface area (Å²) in [5.41, 5.74) is 3.62. The first kappa shape index (κ1) is 14.6. The van der Waals surface area contributed by atoms with Gasteiger partial charge in [-0.1, -0.05) is 26.7 Å². The van der Waals surface area contributed by atoms with Crippen molar-refractivity contribution in [2.45, 2.75) is 39.5 Å². The van der Waals surface area contributed by atoms with Gasteiger partial charge in [0.15, 0.2) is 0 Å². The van der Waals surface area contributed by atoms with Crippen LogP contribution in [0.5, 0.6) is 0 Å². The first-order valence-corrected chi connectivity index (χ1v) is 7.76. The van der Waals surface area contributed by atoms with Crippen molar-refractivity contribution in [3.8, 4) is 0 Å². The summed E-state index contributed by atoms with van der Waals surface area (Å²) in [4.78, 5) is 0. The highest BCUT2D eigenvalue weighted by molar-refractivity contribution is 6.77. The molecule has 3 heteroatoms. The van der Waals surface area contributed by atoms with Crippen LogP contribution in [-0.2, 0) is 8.85 Å². The number of hydrogen-bond acceptors (Lipinski definition) is 2. The molecule has 15 heavy (non-hydrogen) atoms. The van der Waals surface area contributed by atoms with Gasteiger partial charge in [-0.3, -0.25) is 0 Å². The molecule has 0 aromatic rings. The molecule has 2 nitrogen and oxygen atoms in total. The topological polar surface area (TPSA) is 18.5 Å². The second-order valence-electron chi connectivity index (χ2n) is 3.53. The van der Waals surface area contributed by atoms with E-state index >= 15 is 0 Å². The van der Waals surface area contributed by atoms with E-state index in [9.17, 15) is 0 Å². The normalized spacial score (nSPS) is 11.3. The summed E-state index contributed by atoms with van der Waals surface area (Å²) >= 11 is 0. The van der Waals surface area contributed by atoms with Gasteiger partial charge in [-0.15, -0.1) is 13.2 Å². The molecule has 0 saturated heterocycles. The van der Waals surface area contributed by atoms with E-state index < -0.39 is 8.56 Å². The third kappa shape index (κ3) is 5.92. The van der Waals surface area contributed by atoms with E-state index in [1.807, 2.05) is 11.4 Å². The van der Waals surface area contributed by atoms with Crippen LogP contribution in [0.25, 0.3) is 0 Å². The molecule has 0 spiro atoms. The molecular formula is C12H24O2Si. The standard InChI is InChI=1S/C12H24O2Si/c1-5-9-11-13-15(7-3,8-4)14-12-10-6-2/h7-8H,3-6,9-12H2,1-2H3. The molecule has 0 aliphatic rings. The molecular weight excluding hydrogens is 204 g/mol. The van der Waals surface area contributed by atoms with E-state index in [0.717, 1.165) is 38.9 Å². The maximum absolute atomic E-state index is 5.80. The van der Waals surface area contributed by atoms with Crippen molar-refractivity contribution in [2.75, 3.05) is 13.2 Å². The van der Waals surface area contributed by atoms with Crippen LogP contribution in [0.4, 0.5) is 0 Å². The minimum atomic E-state index is -2.29. The largest absolute Gasteiger partial charge is 0.390 e. The molecule has 0 saturated carbocycles. The zero-order valence-corrected chi connectivity index (χ0v) is 11.1. The first-order valence-electron chi connectivity index (χ1n) is 5.79. The molecule has 88 valence electrons. The van der Waals surface area contributed by atoms with Gasteiger partial charge < -0.3 is 8.85 Å². The highest BCUT2D eigenvalue weighted by atomic mass is 28.4. The second kappa shape index (κ2) is 8.89. The summed E-state index contributed by atoms with van der Waals surface area (Å²) in [5.74, 6) is 0. The van der Waals surface area contributed by atoms with Crippen molar-refractivity contribution >= 4 is 8.56 Å². The lowest BCUT2D eigenvalue weighted by molar-refractivity contribution is 0.184. The van der Waals surface area contributed by atoms with Gasteiger partial charge in [0.1, 0.15) is 0 Å². The molecule has 0 heterocycles. The lowest BCUT2D eigenvalue weighted by Gasteiger charge is -2.24. The van der Waals surface area contributed by atoms with Crippen molar-refractivity contribution in [1.82, 2.24) is 0 Å². The molecule has 0 aliphatic heterocycles. The van der Waals surface area contributed by atoms with Gasteiger partial charge in [0.05, 0.1) is 0 Å². The van der Waals surface area contributed by atoms with Crippen LogP contribution in [0.3, 0.4) is 0 Å². The summed E-state index contributed by atoms with van der Waals surface area (Å²) in [6, 6.07) is 0. The third-order valence-corrected chi connectivity index (χ3v) is 4.67. The zero-order chi connectivity index (χ0) is 11.6. The fourth-order valence-electron chi connectivity index (χ4n) is 1.11. The van der Waals surface area contributed by atoms with E-state index in [4.69, 9.17) is 8.85 Å². The third-order valence-electron chi connectivity index (χ3n) is 2.22. The van der Waals surface area contributed by atoms with Crippen LogP contribution >= 0.6 is 0 Å². The first-order chi connectivity index (χ1) is 7.24. The summed E-state index contributed by atoms with van der Waals surface area (Å²) in [6.07, 6.45) is 4.39. The molecule has 0 aliphatic carbocycles. The predicted molar refractivity (Wildman–Crippen MR) is 67.9 cm³/mol. The Bertz CT molecular complexity index is 160. The van der Waals surface area contributed by atoms with Crippen LogP contribution in [0.15, 0.2) is 24.6 Å². The van der Waals surface area contributed by atoms with Crippen LogP contribution < -0.4 is 0 Å². The Morgan fingerprint density at radius 3 is 1.60 bits per heavy atom. The summed E-state index contributed by atoms with van der Waals surface area (Å²) in [6.45, 7) is 13.4. The Morgan fingerprint density at radius 1 is 0.933 bits per heavy atom. The zero-order valence-electron chi connectivity index (χ0n) is 10.1. The summed E-state index contributed by atoms with van der Waals surface area (Å²) in [5, 5.41) is 0.